The van der Waals surface area contributed by atoms with Crippen LogP contribution >= 0.6 is 15.9 Å². The predicted molar refractivity (Wildman–Crippen MR) is 99.7 cm³/mol. The molecule has 2 aromatic carbocycles. The number of nitrogens with zero attached hydrogens (tertiary/aromatic N) is 1. The molecule has 1 heterocycles. The Morgan fingerprint density at radius 3 is 2.65 bits per heavy atom. The van der Waals surface area contributed by atoms with Crippen LogP contribution in [0.3, 0.4) is 0 Å². The molecule has 3 rings (SSSR count). The highest BCUT2D eigenvalue weighted by Gasteiger charge is 2.11. The molecule has 0 aliphatic rings. The summed E-state index contributed by atoms with van der Waals surface area (Å²) >= 11 is 3.60. The number of hydrogen-bond donors (Lipinski definition) is 1. The Labute approximate surface area is 144 Å². The van der Waals surface area contributed by atoms with E-state index in [2.05, 4.69) is 45.3 Å². The van der Waals surface area contributed by atoms with Crippen LogP contribution in [0.1, 0.15) is 19.4 Å². The van der Waals surface area contributed by atoms with Crippen molar-refractivity contribution in [1.29, 1.82) is 0 Å². The molecule has 0 aliphatic carbocycles. The highest BCUT2D eigenvalue weighted by Crippen LogP contribution is 2.34. The molecule has 1 N–H and O–H groups in total. The lowest BCUT2D eigenvalue weighted by molar-refractivity contribution is 0.244. The number of pyridine rings is 1. The lowest BCUT2D eigenvalue weighted by Gasteiger charge is -2.16. The van der Waals surface area contributed by atoms with Gasteiger partial charge in [0.2, 0.25) is 0 Å². The second-order valence-corrected chi connectivity index (χ2v) is 6.59. The molecule has 0 amide bonds. The van der Waals surface area contributed by atoms with E-state index in [1.165, 1.54) is 10.9 Å². The lowest BCUT2D eigenvalue weighted by atomic mass is 10.1. The van der Waals surface area contributed by atoms with E-state index < -0.39 is 0 Å². The summed E-state index contributed by atoms with van der Waals surface area (Å²) in [6, 6.07) is 14.2. The van der Waals surface area contributed by atoms with Crippen LogP contribution in [-0.4, -0.2) is 11.1 Å². The van der Waals surface area contributed by atoms with Crippen LogP contribution in [0, 0.1) is 6.92 Å². The molecule has 118 valence electrons. The maximum atomic E-state index is 5.88. The van der Waals surface area contributed by atoms with Gasteiger partial charge in [0.05, 0.1) is 11.8 Å². The van der Waals surface area contributed by atoms with Crippen molar-refractivity contribution < 1.29 is 4.74 Å². The monoisotopic (exact) mass is 370 g/mol. The van der Waals surface area contributed by atoms with Gasteiger partial charge in [0.25, 0.3) is 0 Å². The van der Waals surface area contributed by atoms with E-state index in [1.807, 2.05) is 50.4 Å². The normalized spacial score (nSPS) is 11.0. The molecule has 0 fully saturated rings. The van der Waals surface area contributed by atoms with Crippen molar-refractivity contribution in [2.24, 2.45) is 0 Å². The summed E-state index contributed by atoms with van der Waals surface area (Å²) < 4.78 is 6.88. The number of halogens is 1. The summed E-state index contributed by atoms with van der Waals surface area (Å²) in [4.78, 5) is 4.55. The molecule has 0 aliphatic heterocycles. The third kappa shape index (κ3) is 3.32. The maximum absolute atomic E-state index is 5.88. The molecule has 0 spiro atoms. The van der Waals surface area contributed by atoms with Crippen molar-refractivity contribution in [1.82, 2.24) is 4.98 Å². The smallest absolute Gasteiger partial charge is 0.143 e. The van der Waals surface area contributed by atoms with Crippen LogP contribution in [0.4, 0.5) is 11.5 Å². The van der Waals surface area contributed by atoms with E-state index in [1.54, 1.807) is 0 Å². The van der Waals surface area contributed by atoms with E-state index >= 15 is 0 Å². The van der Waals surface area contributed by atoms with Gasteiger partial charge in [-0.05, 0) is 54.4 Å². The lowest BCUT2D eigenvalue weighted by Crippen LogP contribution is -2.07. The number of aromatic nitrogens is 1. The minimum atomic E-state index is 0.120. The van der Waals surface area contributed by atoms with Gasteiger partial charge in [-0.3, -0.25) is 0 Å². The molecule has 0 radical (unpaired) electrons. The van der Waals surface area contributed by atoms with Crippen LogP contribution < -0.4 is 10.1 Å². The average Bonchev–Trinajstić information content (AvgIpc) is 2.51. The molecule has 0 atom stereocenters. The SMILES string of the molecule is Cc1cccc2c(Nc3ccccc3OC(C)C)ncc(Br)c12. The maximum Gasteiger partial charge on any atom is 0.143 e. The Hall–Kier alpha value is -2.07. The van der Waals surface area contributed by atoms with E-state index in [-0.39, 0.29) is 6.10 Å². The quantitative estimate of drug-likeness (QED) is 0.626. The minimum Gasteiger partial charge on any atom is -0.489 e. The van der Waals surface area contributed by atoms with Gasteiger partial charge in [-0.15, -0.1) is 0 Å². The summed E-state index contributed by atoms with van der Waals surface area (Å²) in [6.45, 7) is 6.15. The van der Waals surface area contributed by atoms with E-state index in [0.29, 0.717) is 0 Å². The first-order chi connectivity index (χ1) is 11.1. The molecule has 23 heavy (non-hydrogen) atoms. The fourth-order valence-electron chi connectivity index (χ4n) is 2.59. The Balaban J connectivity index is 2.07. The second-order valence-electron chi connectivity index (χ2n) is 5.74. The van der Waals surface area contributed by atoms with Gasteiger partial charge >= 0.3 is 0 Å². The van der Waals surface area contributed by atoms with Gasteiger partial charge < -0.3 is 10.1 Å². The second kappa shape index (κ2) is 6.59. The number of para-hydroxylation sites is 2. The Kier molecular flexibility index (Phi) is 4.53. The number of ether oxygens (including phenoxy) is 1. The summed E-state index contributed by atoms with van der Waals surface area (Å²) in [5.74, 6) is 1.65. The van der Waals surface area contributed by atoms with Crippen LogP contribution in [0.15, 0.2) is 53.1 Å². The number of benzene rings is 2. The summed E-state index contributed by atoms with van der Waals surface area (Å²) in [6.07, 6.45) is 1.96. The Morgan fingerprint density at radius 1 is 1.09 bits per heavy atom. The molecule has 1 aromatic heterocycles. The van der Waals surface area contributed by atoms with Crippen LogP contribution in [0.2, 0.25) is 0 Å². The zero-order chi connectivity index (χ0) is 16.4. The predicted octanol–water partition coefficient (Wildman–Crippen LogP) is 5.84. The van der Waals surface area contributed by atoms with Crippen LogP contribution in [0.5, 0.6) is 5.75 Å². The van der Waals surface area contributed by atoms with Gasteiger partial charge in [-0.1, -0.05) is 30.3 Å². The van der Waals surface area contributed by atoms with Crippen molar-refractivity contribution in [3.8, 4) is 5.75 Å². The first kappa shape index (κ1) is 15.8. The van der Waals surface area contributed by atoms with Crippen molar-refractivity contribution in [3.63, 3.8) is 0 Å². The first-order valence-electron chi connectivity index (χ1n) is 7.63. The number of rotatable bonds is 4. The van der Waals surface area contributed by atoms with Gasteiger partial charge in [0, 0.05) is 21.4 Å². The summed E-state index contributed by atoms with van der Waals surface area (Å²) in [7, 11) is 0. The zero-order valence-electron chi connectivity index (χ0n) is 13.4. The summed E-state index contributed by atoms with van der Waals surface area (Å²) in [5.41, 5.74) is 2.13. The van der Waals surface area contributed by atoms with Gasteiger partial charge in [0.15, 0.2) is 0 Å². The molecule has 3 aromatic rings. The van der Waals surface area contributed by atoms with E-state index in [0.717, 1.165) is 27.1 Å². The zero-order valence-corrected chi connectivity index (χ0v) is 15.0. The molecule has 0 saturated heterocycles. The average molecular weight is 371 g/mol. The van der Waals surface area contributed by atoms with Gasteiger partial charge in [-0.2, -0.15) is 0 Å². The number of aryl methyl sites for hydroxylation is 1. The van der Waals surface area contributed by atoms with E-state index in [4.69, 9.17) is 4.74 Å². The van der Waals surface area contributed by atoms with Crippen molar-refractivity contribution >= 4 is 38.2 Å². The number of anilines is 2. The van der Waals surface area contributed by atoms with Crippen LogP contribution in [0.25, 0.3) is 10.8 Å². The molecule has 4 heteroatoms. The molecular formula is C19H19BrN2O. The number of nitrogens with one attached hydrogen (secondary N) is 1. The third-order valence-electron chi connectivity index (χ3n) is 3.58. The molecule has 0 bridgehead atoms. The molecular weight excluding hydrogens is 352 g/mol. The molecule has 0 unspecified atom stereocenters. The highest BCUT2D eigenvalue weighted by molar-refractivity contribution is 9.10. The first-order valence-corrected chi connectivity index (χ1v) is 8.42. The van der Waals surface area contributed by atoms with Gasteiger partial charge in [0.1, 0.15) is 11.6 Å². The fraction of sp³-hybridized carbons (Fsp3) is 0.211. The van der Waals surface area contributed by atoms with Crippen LogP contribution in [-0.2, 0) is 0 Å². The summed E-state index contributed by atoms with van der Waals surface area (Å²) in [5, 5.41) is 5.67. The van der Waals surface area contributed by atoms with E-state index in [9.17, 15) is 0 Å². The van der Waals surface area contributed by atoms with Crippen molar-refractivity contribution in [2.45, 2.75) is 26.9 Å². The Bertz CT molecular complexity index is 838. The molecule has 0 saturated carbocycles. The van der Waals surface area contributed by atoms with Crippen molar-refractivity contribution in [2.75, 3.05) is 5.32 Å². The largest absolute Gasteiger partial charge is 0.489 e. The Morgan fingerprint density at radius 2 is 1.87 bits per heavy atom. The third-order valence-corrected chi connectivity index (χ3v) is 4.18. The minimum absolute atomic E-state index is 0.120. The number of fused-ring (bicyclic) bond motifs is 1. The highest BCUT2D eigenvalue weighted by atomic mass is 79.9. The van der Waals surface area contributed by atoms with Crippen molar-refractivity contribution in [3.05, 3.63) is 58.7 Å². The van der Waals surface area contributed by atoms with Gasteiger partial charge in [-0.25, -0.2) is 4.98 Å². The molecule has 3 nitrogen and oxygen atoms in total. The standard InChI is InChI=1S/C19H19BrN2O/c1-12(2)23-17-10-5-4-9-16(17)22-19-14-8-6-7-13(3)18(14)15(20)11-21-19/h4-12H,1-3H3,(H,21,22). The number of hydrogen-bond acceptors (Lipinski definition) is 3. The fourth-order valence-corrected chi connectivity index (χ4v) is 3.22. The topological polar surface area (TPSA) is 34.1 Å².